The summed E-state index contributed by atoms with van der Waals surface area (Å²) in [6.45, 7) is 8.27. The maximum absolute atomic E-state index is 11.9. The first kappa shape index (κ1) is 15.7. The monoisotopic (exact) mass is 289 g/mol. The molecule has 1 aliphatic rings. The first-order valence-corrected chi connectivity index (χ1v) is 7.38. The van der Waals surface area contributed by atoms with Gasteiger partial charge in [0.1, 0.15) is 6.10 Å². The highest BCUT2D eigenvalue weighted by Gasteiger charge is 2.27. The van der Waals surface area contributed by atoms with Crippen molar-refractivity contribution in [3.8, 4) is 0 Å². The number of esters is 1. The van der Waals surface area contributed by atoms with Gasteiger partial charge in [-0.25, -0.2) is 4.79 Å². The Morgan fingerprint density at radius 3 is 2.95 bits per heavy atom. The fraction of sp³-hybridized carbons (Fsp3) is 0.471. The van der Waals surface area contributed by atoms with Gasteiger partial charge < -0.3 is 9.47 Å². The molecule has 2 rings (SSSR count). The number of ether oxygens (including phenoxy) is 2. The molecule has 1 aromatic carbocycles. The Kier molecular flexibility index (Phi) is 5.96. The summed E-state index contributed by atoms with van der Waals surface area (Å²) in [7, 11) is 0. The van der Waals surface area contributed by atoms with Crippen LogP contribution in [0.15, 0.2) is 43.0 Å². The van der Waals surface area contributed by atoms with Gasteiger partial charge in [0.2, 0.25) is 0 Å². The normalized spacial score (nSPS) is 20.1. The zero-order valence-corrected chi connectivity index (χ0v) is 12.5. The molecule has 1 aromatic rings. The SMILES string of the molecule is C=CCOC(C)C(=O)O[C@@H]1CCN(Cc2ccccc2)C1. The standard InChI is InChI=1S/C17H23NO3/c1-3-11-20-14(2)17(19)21-16-9-10-18(13-16)12-15-7-5-4-6-8-15/h3-8,14,16H,1,9-13H2,2H3/t14?,16-/m1/s1. The minimum Gasteiger partial charge on any atom is -0.459 e. The molecule has 1 heterocycles. The minimum absolute atomic E-state index is 0.0315. The Hall–Kier alpha value is -1.65. The molecule has 0 spiro atoms. The lowest BCUT2D eigenvalue weighted by Crippen LogP contribution is -2.30. The number of nitrogens with zero attached hydrogens (tertiary/aromatic N) is 1. The summed E-state index contributed by atoms with van der Waals surface area (Å²) in [6.07, 6.45) is 1.94. The lowest BCUT2D eigenvalue weighted by Gasteiger charge is -2.18. The first-order chi connectivity index (χ1) is 10.2. The lowest BCUT2D eigenvalue weighted by molar-refractivity contribution is -0.160. The van der Waals surface area contributed by atoms with Crippen LogP contribution in [0.5, 0.6) is 0 Å². The largest absolute Gasteiger partial charge is 0.459 e. The van der Waals surface area contributed by atoms with E-state index >= 15 is 0 Å². The average molecular weight is 289 g/mol. The van der Waals surface area contributed by atoms with Gasteiger partial charge in [-0.2, -0.15) is 0 Å². The third kappa shape index (κ3) is 4.99. The fourth-order valence-electron chi connectivity index (χ4n) is 2.42. The van der Waals surface area contributed by atoms with Crippen molar-refractivity contribution < 1.29 is 14.3 Å². The zero-order chi connectivity index (χ0) is 15.1. The van der Waals surface area contributed by atoms with Crippen molar-refractivity contribution >= 4 is 5.97 Å². The Balaban J connectivity index is 1.75. The van der Waals surface area contributed by atoms with Gasteiger partial charge >= 0.3 is 5.97 Å². The topological polar surface area (TPSA) is 38.8 Å². The molecular formula is C17H23NO3. The summed E-state index contributed by atoms with van der Waals surface area (Å²) in [5.41, 5.74) is 1.28. The van der Waals surface area contributed by atoms with E-state index in [1.54, 1.807) is 13.0 Å². The van der Waals surface area contributed by atoms with Crippen LogP contribution >= 0.6 is 0 Å². The van der Waals surface area contributed by atoms with Crippen LogP contribution in [0.2, 0.25) is 0 Å². The molecule has 1 unspecified atom stereocenters. The molecular weight excluding hydrogens is 266 g/mol. The summed E-state index contributed by atoms with van der Waals surface area (Å²) in [4.78, 5) is 14.2. The molecule has 21 heavy (non-hydrogen) atoms. The first-order valence-electron chi connectivity index (χ1n) is 7.38. The lowest BCUT2D eigenvalue weighted by atomic mass is 10.2. The smallest absolute Gasteiger partial charge is 0.335 e. The molecule has 1 aliphatic heterocycles. The van der Waals surface area contributed by atoms with Gasteiger partial charge in [0, 0.05) is 19.6 Å². The molecule has 0 aromatic heterocycles. The van der Waals surface area contributed by atoms with Crippen LogP contribution in [0, 0.1) is 0 Å². The van der Waals surface area contributed by atoms with Gasteiger partial charge in [0.05, 0.1) is 6.61 Å². The van der Waals surface area contributed by atoms with E-state index in [0.717, 1.165) is 26.1 Å². The number of rotatable bonds is 7. The van der Waals surface area contributed by atoms with Crippen molar-refractivity contribution in [2.75, 3.05) is 19.7 Å². The minimum atomic E-state index is -0.536. The van der Waals surface area contributed by atoms with Crippen molar-refractivity contribution in [2.24, 2.45) is 0 Å². The Morgan fingerprint density at radius 1 is 1.48 bits per heavy atom. The molecule has 0 saturated carbocycles. The van der Waals surface area contributed by atoms with E-state index in [1.165, 1.54) is 5.56 Å². The van der Waals surface area contributed by atoms with Crippen LogP contribution in [-0.2, 0) is 20.8 Å². The Bertz CT molecular complexity index is 460. The van der Waals surface area contributed by atoms with Gasteiger partial charge in [-0.15, -0.1) is 6.58 Å². The summed E-state index contributed by atoms with van der Waals surface area (Å²) in [5, 5.41) is 0. The molecule has 114 valence electrons. The van der Waals surface area contributed by atoms with Crippen molar-refractivity contribution in [3.63, 3.8) is 0 Å². The van der Waals surface area contributed by atoms with Crippen LogP contribution in [0.1, 0.15) is 18.9 Å². The highest BCUT2D eigenvalue weighted by atomic mass is 16.6. The number of hydrogen-bond acceptors (Lipinski definition) is 4. The molecule has 4 nitrogen and oxygen atoms in total. The van der Waals surface area contributed by atoms with E-state index < -0.39 is 6.10 Å². The number of carbonyl (C=O) groups is 1. The molecule has 0 bridgehead atoms. The molecule has 1 saturated heterocycles. The number of likely N-dealkylation sites (tertiary alicyclic amines) is 1. The van der Waals surface area contributed by atoms with Gasteiger partial charge in [0.15, 0.2) is 6.10 Å². The van der Waals surface area contributed by atoms with Gasteiger partial charge in [-0.3, -0.25) is 4.90 Å². The van der Waals surface area contributed by atoms with Crippen molar-refractivity contribution in [2.45, 2.75) is 32.1 Å². The molecule has 0 radical (unpaired) electrons. The van der Waals surface area contributed by atoms with E-state index in [0.29, 0.717) is 6.61 Å². The van der Waals surface area contributed by atoms with Crippen LogP contribution < -0.4 is 0 Å². The van der Waals surface area contributed by atoms with Crippen molar-refractivity contribution in [3.05, 3.63) is 48.6 Å². The third-order valence-electron chi connectivity index (χ3n) is 3.56. The second-order valence-corrected chi connectivity index (χ2v) is 5.33. The van der Waals surface area contributed by atoms with E-state index in [4.69, 9.17) is 9.47 Å². The van der Waals surface area contributed by atoms with Gasteiger partial charge in [-0.05, 0) is 18.9 Å². The Morgan fingerprint density at radius 2 is 2.24 bits per heavy atom. The maximum atomic E-state index is 11.9. The second-order valence-electron chi connectivity index (χ2n) is 5.33. The quantitative estimate of drug-likeness (QED) is 0.571. The van der Waals surface area contributed by atoms with Crippen molar-refractivity contribution in [1.29, 1.82) is 0 Å². The molecule has 2 atom stereocenters. The number of hydrogen-bond donors (Lipinski definition) is 0. The summed E-state index contributed by atoms with van der Waals surface area (Å²) in [6, 6.07) is 10.3. The predicted molar refractivity (Wildman–Crippen MR) is 81.8 cm³/mol. The third-order valence-corrected chi connectivity index (χ3v) is 3.56. The second kappa shape index (κ2) is 7.96. The molecule has 4 heteroatoms. The summed E-state index contributed by atoms with van der Waals surface area (Å²) < 4.78 is 10.8. The van der Waals surface area contributed by atoms with E-state index in [-0.39, 0.29) is 12.1 Å². The highest BCUT2D eigenvalue weighted by Crippen LogP contribution is 2.16. The molecule has 0 amide bonds. The molecule has 0 aliphatic carbocycles. The number of benzene rings is 1. The van der Waals surface area contributed by atoms with E-state index in [9.17, 15) is 4.79 Å². The molecule has 1 fully saturated rings. The van der Waals surface area contributed by atoms with Crippen LogP contribution in [0.3, 0.4) is 0 Å². The Labute approximate surface area is 126 Å². The van der Waals surface area contributed by atoms with Crippen LogP contribution in [-0.4, -0.2) is 42.8 Å². The molecule has 0 N–H and O–H groups in total. The van der Waals surface area contributed by atoms with Gasteiger partial charge in [-0.1, -0.05) is 36.4 Å². The average Bonchev–Trinajstić information content (AvgIpc) is 2.92. The zero-order valence-electron chi connectivity index (χ0n) is 12.5. The van der Waals surface area contributed by atoms with E-state index in [2.05, 4.69) is 23.6 Å². The highest BCUT2D eigenvalue weighted by molar-refractivity contribution is 5.74. The summed E-state index contributed by atoms with van der Waals surface area (Å²) in [5.74, 6) is -0.289. The van der Waals surface area contributed by atoms with E-state index in [1.807, 2.05) is 18.2 Å². The number of carbonyl (C=O) groups excluding carboxylic acids is 1. The summed E-state index contributed by atoms with van der Waals surface area (Å²) >= 11 is 0. The van der Waals surface area contributed by atoms with Crippen LogP contribution in [0.25, 0.3) is 0 Å². The van der Waals surface area contributed by atoms with Crippen LogP contribution in [0.4, 0.5) is 0 Å². The predicted octanol–water partition coefficient (Wildman–Crippen LogP) is 2.40. The van der Waals surface area contributed by atoms with Gasteiger partial charge in [0.25, 0.3) is 0 Å². The van der Waals surface area contributed by atoms with Crippen molar-refractivity contribution in [1.82, 2.24) is 4.90 Å². The fourth-order valence-corrected chi connectivity index (χ4v) is 2.42. The maximum Gasteiger partial charge on any atom is 0.335 e.